The molecule has 0 aliphatic rings. The van der Waals surface area contributed by atoms with E-state index >= 15 is 0 Å². The Balaban J connectivity index is 0.00000338. The molecule has 0 aliphatic heterocycles. The standard InChI is InChI=1S/C18H22FN3O2S.HI/c1-20-18(22-14-15-8-5-6-11-17(15)19)21-12-7-13-25(23,24)16-9-3-2-4-10-16;/h2-6,8-11H,7,12-14H2,1H3,(H2,20,21,22);1H. The van der Waals surface area contributed by atoms with Gasteiger partial charge in [-0.1, -0.05) is 36.4 Å². The molecule has 26 heavy (non-hydrogen) atoms. The van der Waals surface area contributed by atoms with Crippen LogP contribution in [0.5, 0.6) is 0 Å². The lowest BCUT2D eigenvalue weighted by Gasteiger charge is -2.12. The monoisotopic (exact) mass is 491 g/mol. The maximum atomic E-state index is 13.6. The van der Waals surface area contributed by atoms with Crippen LogP contribution in [-0.2, 0) is 16.4 Å². The Hall–Kier alpha value is -1.68. The first-order valence-corrected chi connectivity index (χ1v) is 9.64. The maximum Gasteiger partial charge on any atom is 0.191 e. The molecule has 0 bridgehead atoms. The number of aliphatic imine (C=N–C) groups is 1. The van der Waals surface area contributed by atoms with Crippen LogP contribution in [0.25, 0.3) is 0 Å². The number of benzene rings is 2. The van der Waals surface area contributed by atoms with E-state index in [0.717, 1.165) is 0 Å². The first-order valence-electron chi connectivity index (χ1n) is 7.98. The Bertz CT molecular complexity index is 814. The van der Waals surface area contributed by atoms with Crippen LogP contribution in [0.15, 0.2) is 64.5 Å². The van der Waals surface area contributed by atoms with Gasteiger partial charge in [0.2, 0.25) is 0 Å². The molecule has 142 valence electrons. The number of halogens is 2. The predicted octanol–water partition coefficient (Wildman–Crippen LogP) is 2.97. The summed E-state index contributed by atoms with van der Waals surface area (Å²) in [5.74, 6) is 0.272. The molecule has 0 unspecified atom stereocenters. The van der Waals surface area contributed by atoms with Gasteiger partial charge in [0.15, 0.2) is 15.8 Å². The molecule has 2 aromatic carbocycles. The van der Waals surface area contributed by atoms with Crippen molar-refractivity contribution in [2.75, 3.05) is 19.3 Å². The smallest absolute Gasteiger partial charge is 0.191 e. The number of sulfone groups is 1. The van der Waals surface area contributed by atoms with E-state index in [1.165, 1.54) is 6.07 Å². The van der Waals surface area contributed by atoms with Gasteiger partial charge >= 0.3 is 0 Å². The predicted molar refractivity (Wildman–Crippen MR) is 113 cm³/mol. The molecule has 0 saturated carbocycles. The van der Waals surface area contributed by atoms with Gasteiger partial charge in [-0.15, -0.1) is 24.0 Å². The summed E-state index contributed by atoms with van der Waals surface area (Å²) in [7, 11) is -1.67. The zero-order valence-electron chi connectivity index (χ0n) is 14.5. The minimum atomic E-state index is -3.28. The summed E-state index contributed by atoms with van der Waals surface area (Å²) in [6, 6.07) is 14.9. The molecule has 5 nitrogen and oxygen atoms in total. The molecule has 0 saturated heterocycles. The van der Waals surface area contributed by atoms with Gasteiger partial charge in [-0.3, -0.25) is 4.99 Å². The van der Waals surface area contributed by atoms with Crippen LogP contribution < -0.4 is 10.6 Å². The average molecular weight is 491 g/mol. The van der Waals surface area contributed by atoms with Crippen LogP contribution in [-0.4, -0.2) is 33.7 Å². The molecule has 0 atom stereocenters. The van der Waals surface area contributed by atoms with Crippen molar-refractivity contribution in [2.24, 2.45) is 4.99 Å². The molecule has 8 heteroatoms. The summed E-state index contributed by atoms with van der Waals surface area (Å²) in [5, 5.41) is 6.04. The lowest BCUT2D eigenvalue weighted by atomic mass is 10.2. The quantitative estimate of drug-likeness (QED) is 0.271. The average Bonchev–Trinajstić information content (AvgIpc) is 2.63. The molecule has 0 spiro atoms. The molecule has 2 aromatic rings. The lowest BCUT2D eigenvalue weighted by Crippen LogP contribution is -2.37. The molecule has 2 N–H and O–H groups in total. The van der Waals surface area contributed by atoms with Crippen molar-refractivity contribution in [3.05, 3.63) is 66.0 Å². The molecule has 0 heterocycles. The highest BCUT2D eigenvalue weighted by atomic mass is 127. The molecular weight excluding hydrogens is 468 g/mol. The SMILES string of the molecule is CN=C(NCCCS(=O)(=O)c1ccccc1)NCc1ccccc1F.I. The maximum absolute atomic E-state index is 13.6. The van der Waals surface area contributed by atoms with Gasteiger partial charge in [0.25, 0.3) is 0 Å². The number of guanidine groups is 1. The van der Waals surface area contributed by atoms with Crippen LogP contribution in [0.4, 0.5) is 4.39 Å². The molecule has 0 amide bonds. The van der Waals surface area contributed by atoms with Gasteiger partial charge in [0.05, 0.1) is 10.6 Å². The fraction of sp³-hybridized carbons (Fsp3) is 0.278. The third-order valence-corrected chi connectivity index (χ3v) is 5.43. The Labute approximate surface area is 171 Å². The normalized spacial score (nSPS) is 11.5. The molecule has 2 rings (SSSR count). The topological polar surface area (TPSA) is 70.6 Å². The van der Waals surface area contributed by atoms with Gasteiger partial charge in [-0.2, -0.15) is 0 Å². The van der Waals surface area contributed by atoms with Gasteiger partial charge < -0.3 is 10.6 Å². The van der Waals surface area contributed by atoms with Crippen LogP contribution >= 0.6 is 24.0 Å². The fourth-order valence-electron chi connectivity index (χ4n) is 2.26. The number of nitrogens with one attached hydrogen (secondary N) is 2. The largest absolute Gasteiger partial charge is 0.356 e. The van der Waals surface area contributed by atoms with Crippen LogP contribution in [0.3, 0.4) is 0 Å². The summed E-state index contributed by atoms with van der Waals surface area (Å²) in [6.45, 7) is 0.748. The van der Waals surface area contributed by atoms with Crippen molar-refractivity contribution < 1.29 is 12.8 Å². The second kappa shape index (κ2) is 11.1. The van der Waals surface area contributed by atoms with E-state index < -0.39 is 9.84 Å². The summed E-state index contributed by atoms with van der Waals surface area (Å²) < 4.78 is 37.9. The highest BCUT2D eigenvalue weighted by molar-refractivity contribution is 14.0. The lowest BCUT2D eigenvalue weighted by molar-refractivity contribution is 0.592. The van der Waals surface area contributed by atoms with E-state index in [1.54, 1.807) is 55.6 Å². The van der Waals surface area contributed by atoms with Crippen molar-refractivity contribution in [1.29, 1.82) is 0 Å². The number of hydrogen-bond donors (Lipinski definition) is 2. The Kier molecular flexibility index (Phi) is 9.57. The molecule has 0 aromatic heterocycles. The summed E-state index contributed by atoms with van der Waals surface area (Å²) in [4.78, 5) is 4.38. The highest BCUT2D eigenvalue weighted by Gasteiger charge is 2.13. The molecule has 0 radical (unpaired) electrons. The first kappa shape index (κ1) is 22.4. The van der Waals surface area contributed by atoms with Crippen molar-refractivity contribution >= 4 is 39.8 Å². The van der Waals surface area contributed by atoms with Gasteiger partial charge in [0.1, 0.15) is 5.82 Å². The van der Waals surface area contributed by atoms with E-state index in [4.69, 9.17) is 0 Å². The van der Waals surface area contributed by atoms with E-state index in [1.807, 2.05) is 0 Å². The highest BCUT2D eigenvalue weighted by Crippen LogP contribution is 2.10. The molecule has 0 fully saturated rings. The first-order chi connectivity index (χ1) is 12.0. The number of nitrogens with zero attached hydrogens (tertiary/aromatic N) is 1. The fourth-order valence-corrected chi connectivity index (χ4v) is 3.59. The number of rotatable bonds is 7. The zero-order chi connectivity index (χ0) is 18.1. The van der Waals surface area contributed by atoms with E-state index in [-0.39, 0.29) is 35.5 Å². The van der Waals surface area contributed by atoms with E-state index in [2.05, 4.69) is 15.6 Å². The Morgan fingerprint density at radius 3 is 2.35 bits per heavy atom. The third kappa shape index (κ3) is 6.91. The van der Waals surface area contributed by atoms with E-state index in [9.17, 15) is 12.8 Å². The molecule has 0 aliphatic carbocycles. The van der Waals surface area contributed by atoms with Crippen molar-refractivity contribution in [2.45, 2.75) is 17.9 Å². The van der Waals surface area contributed by atoms with Crippen LogP contribution in [0.2, 0.25) is 0 Å². The van der Waals surface area contributed by atoms with Gasteiger partial charge in [0, 0.05) is 25.7 Å². The number of hydrogen-bond acceptors (Lipinski definition) is 3. The van der Waals surface area contributed by atoms with E-state index in [0.29, 0.717) is 35.9 Å². The van der Waals surface area contributed by atoms with Crippen LogP contribution in [0.1, 0.15) is 12.0 Å². The third-order valence-electron chi connectivity index (χ3n) is 3.61. The summed E-state index contributed by atoms with van der Waals surface area (Å²) in [6.07, 6.45) is 0.442. The second-order valence-electron chi connectivity index (χ2n) is 5.43. The molecular formula is C18H23FIN3O2S. The summed E-state index contributed by atoms with van der Waals surface area (Å²) >= 11 is 0. The Morgan fingerprint density at radius 1 is 1.04 bits per heavy atom. The second-order valence-corrected chi connectivity index (χ2v) is 7.54. The van der Waals surface area contributed by atoms with Crippen molar-refractivity contribution in [3.8, 4) is 0 Å². The minimum Gasteiger partial charge on any atom is -0.356 e. The van der Waals surface area contributed by atoms with Gasteiger partial charge in [-0.25, -0.2) is 12.8 Å². The minimum absolute atomic E-state index is 0. The zero-order valence-corrected chi connectivity index (χ0v) is 17.6. The van der Waals surface area contributed by atoms with Crippen molar-refractivity contribution in [1.82, 2.24) is 10.6 Å². The van der Waals surface area contributed by atoms with Crippen molar-refractivity contribution in [3.63, 3.8) is 0 Å². The van der Waals surface area contributed by atoms with Crippen LogP contribution in [0, 0.1) is 5.82 Å². The summed E-state index contributed by atoms with van der Waals surface area (Å²) in [5.41, 5.74) is 0.539. The van der Waals surface area contributed by atoms with Gasteiger partial charge in [-0.05, 0) is 24.6 Å². The Morgan fingerprint density at radius 2 is 1.69 bits per heavy atom.